The number of likely N-dealkylation sites (N-methyl/N-ethyl adjacent to an activating group) is 2. The van der Waals surface area contributed by atoms with Gasteiger partial charge in [-0.3, -0.25) is 4.90 Å². The van der Waals surface area contributed by atoms with Crippen molar-refractivity contribution in [2.24, 2.45) is 0 Å². The molecule has 0 rings (SSSR count). The van der Waals surface area contributed by atoms with Crippen LogP contribution in [0.25, 0.3) is 0 Å². The Bertz CT molecular complexity index is 136. The van der Waals surface area contributed by atoms with Crippen LogP contribution < -0.4 is 5.32 Å². The fourth-order valence-corrected chi connectivity index (χ4v) is 1.59. The lowest BCUT2D eigenvalue weighted by Crippen LogP contribution is -2.43. The quantitative estimate of drug-likeness (QED) is 0.593. The summed E-state index contributed by atoms with van der Waals surface area (Å²) in [5, 5.41) is 3.20. The Hall–Kier alpha value is -0.160. The molecular formula is C11H27N3O. The number of nitrogens with one attached hydrogen (secondary N) is 1. The topological polar surface area (TPSA) is 27.7 Å². The second-order valence-electron chi connectivity index (χ2n) is 4.30. The summed E-state index contributed by atoms with van der Waals surface area (Å²) >= 11 is 0. The van der Waals surface area contributed by atoms with Crippen LogP contribution in [-0.2, 0) is 4.74 Å². The number of hydrogen-bond acceptors (Lipinski definition) is 4. The molecule has 1 N–H and O–H groups in total. The Balaban J connectivity index is 3.74. The van der Waals surface area contributed by atoms with Crippen molar-refractivity contribution in [2.75, 3.05) is 61.5 Å². The zero-order valence-electron chi connectivity index (χ0n) is 10.9. The van der Waals surface area contributed by atoms with Crippen LogP contribution in [0, 0.1) is 0 Å². The zero-order valence-corrected chi connectivity index (χ0v) is 10.9. The Labute approximate surface area is 94.6 Å². The van der Waals surface area contributed by atoms with Crippen LogP contribution in [0.4, 0.5) is 0 Å². The molecule has 0 saturated heterocycles. The number of rotatable bonds is 9. The Morgan fingerprint density at radius 3 is 2.33 bits per heavy atom. The standard InChI is InChI=1S/C11H27N3O/c1-12-9-11(10-15-5)14(4)8-6-7-13(2)3/h11-12H,6-10H2,1-5H3. The van der Waals surface area contributed by atoms with Gasteiger partial charge in [-0.1, -0.05) is 0 Å². The van der Waals surface area contributed by atoms with Gasteiger partial charge >= 0.3 is 0 Å². The van der Waals surface area contributed by atoms with E-state index in [9.17, 15) is 0 Å². The van der Waals surface area contributed by atoms with Crippen molar-refractivity contribution >= 4 is 0 Å². The molecule has 4 nitrogen and oxygen atoms in total. The van der Waals surface area contributed by atoms with E-state index in [4.69, 9.17) is 4.74 Å². The van der Waals surface area contributed by atoms with Crippen molar-refractivity contribution < 1.29 is 4.74 Å². The molecule has 0 radical (unpaired) electrons. The van der Waals surface area contributed by atoms with Gasteiger partial charge in [-0.25, -0.2) is 0 Å². The van der Waals surface area contributed by atoms with Gasteiger partial charge in [-0.05, 0) is 47.7 Å². The minimum atomic E-state index is 0.474. The van der Waals surface area contributed by atoms with Gasteiger partial charge in [-0.2, -0.15) is 0 Å². The van der Waals surface area contributed by atoms with E-state index in [-0.39, 0.29) is 0 Å². The Morgan fingerprint density at radius 2 is 1.87 bits per heavy atom. The van der Waals surface area contributed by atoms with Crippen LogP contribution in [0.15, 0.2) is 0 Å². The molecular weight excluding hydrogens is 190 g/mol. The first-order valence-electron chi connectivity index (χ1n) is 5.60. The number of ether oxygens (including phenoxy) is 1. The monoisotopic (exact) mass is 217 g/mol. The summed E-state index contributed by atoms with van der Waals surface area (Å²) in [5.74, 6) is 0. The van der Waals surface area contributed by atoms with Gasteiger partial charge in [0.1, 0.15) is 0 Å². The number of hydrogen-bond donors (Lipinski definition) is 1. The number of nitrogens with zero attached hydrogens (tertiary/aromatic N) is 2. The molecule has 0 aromatic heterocycles. The van der Waals surface area contributed by atoms with E-state index in [2.05, 4.69) is 36.3 Å². The summed E-state index contributed by atoms with van der Waals surface area (Å²) < 4.78 is 5.21. The molecule has 0 fully saturated rings. The van der Waals surface area contributed by atoms with Crippen LogP contribution in [0.2, 0.25) is 0 Å². The average Bonchev–Trinajstić information content (AvgIpc) is 2.16. The van der Waals surface area contributed by atoms with Crippen LogP contribution in [0.1, 0.15) is 6.42 Å². The van der Waals surface area contributed by atoms with Gasteiger partial charge in [0.05, 0.1) is 6.61 Å². The lowest BCUT2D eigenvalue weighted by atomic mass is 10.2. The minimum absolute atomic E-state index is 0.474. The van der Waals surface area contributed by atoms with Gasteiger partial charge in [0.25, 0.3) is 0 Å². The van der Waals surface area contributed by atoms with Crippen LogP contribution in [0.5, 0.6) is 0 Å². The molecule has 0 aromatic carbocycles. The molecule has 0 amide bonds. The molecule has 4 heteroatoms. The predicted octanol–water partition coefficient (Wildman–Crippen LogP) is 0.104. The second kappa shape index (κ2) is 9.09. The molecule has 1 unspecified atom stereocenters. The van der Waals surface area contributed by atoms with Crippen molar-refractivity contribution in [3.8, 4) is 0 Å². The summed E-state index contributed by atoms with van der Waals surface area (Å²) in [5.41, 5.74) is 0. The highest BCUT2D eigenvalue weighted by Gasteiger charge is 2.12. The van der Waals surface area contributed by atoms with E-state index in [0.717, 1.165) is 26.2 Å². The molecule has 0 heterocycles. The van der Waals surface area contributed by atoms with Gasteiger partial charge < -0.3 is 15.0 Å². The normalized spacial score (nSPS) is 13.8. The molecule has 0 saturated carbocycles. The lowest BCUT2D eigenvalue weighted by molar-refractivity contribution is 0.104. The first-order valence-corrected chi connectivity index (χ1v) is 5.60. The van der Waals surface area contributed by atoms with E-state index in [1.165, 1.54) is 6.42 Å². The molecule has 0 aromatic rings. The third-order valence-corrected chi connectivity index (χ3v) is 2.54. The van der Waals surface area contributed by atoms with Gasteiger partial charge in [0.2, 0.25) is 0 Å². The van der Waals surface area contributed by atoms with Crippen molar-refractivity contribution in [1.82, 2.24) is 15.1 Å². The van der Waals surface area contributed by atoms with Crippen molar-refractivity contribution in [2.45, 2.75) is 12.5 Å². The summed E-state index contributed by atoms with van der Waals surface area (Å²) in [4.78, 5) is 4.58. The van der Waals surface area contributed by atoms with Crippen LogP contribution in [-0.4, -0.2) is 77.4 Å². The molecule has 0 spiro atoms. The molecule has 0 aliphatic heterocycles. The lowest BCUT2D eigenvalue weighted by Gasteiger charge is -2.27. The van der Waals surface area contributed by atoms with E-state index >= 15 is 0 Å². The average molecular weight is 217 g/mol. The van der Waals surface area contributed by atoms with E-state index < -0.39 is 0 Å². The van der Waals surface area contributed by atoms with Crippen molar-refractivity contribution in [3.05, 3.63) is 0 Å². The highest BCUT2D eigenvalue weighted by molar-refractivity contribution is 4.70. The fraction of sp³-hybridized carbons (Fsp3) is 1.00. The molecule has 0 aliphatic rings. The van der Waals surface area contributed by atoms with E-state index in [1.807, 2.05) is 7.05 Å². The molecule has 0 bridgehead atoms. The third kappa shape index (κ3) is 7.73. The molecule has 15 heavy (non-hydrogen) atoms. The molecule has 0 aliphatic carbocycles. The fourth-order valence-electron chi connectivity index (χ4n) is 1.59. The van der Waals surface area contributed by atoms with Crippen molar-refractivity contribution in [1.29, 1.82) is 0 Å². The maximum absolute atomic E-state index is 5.21. The molecule has 1 atom stereocenters. The largest absolute Gasteiger partial charge is 0.383 e. The Kier molecular flexibility index (Phi) is 9.00. The summed E-state index contributed by atoms with van der Waals surface area (Å²) in [7, 11) is 10.1. The summed E-state index contributed by atoms with van der Waals surface area (Å²) in [6, 6.07) is 0.474. The third-order valence-electron chi connectivity index (χ3n) is 2.54. The van der Waals surface area contributed by atoms with Gasteiger partial charge in [-0.15, -0.1) is 0 Å². The highest BCUT2D eigenvalue weighted by atomic mass is 16.5. The maximum Gasteiger partial charge on any atom is 0.0630 e. The smallest absolute Gasteiger partial charge is 0.0630 e. The first-order chi connectivity index (χ1) is 7.11. The summed E-state index contributed by atoms with van der Waals surface area (Å²) in [6.45, 7) is 4.03. The number of methoxy groups -OCH3 is 1. The predicted molar refractivity (Wildman–Crippen MR) is 65.4 cm³/mol. The Morgan fingerprint density at radius 1 is 1.20 bits per heavy atom. The zero-order chi connectivity index (χ0) is 11.7. The van der Waals surface area contributed by atoms with Crippen LogP contribution >= 0.6 is 0 Å². The minimum Gasteiger partial charge on any atom is -0.383 e. The van der Waals surface area contributed by atoms with Gasteiger partial charge in [0, 0.05) is 19.7 Å². The first kappa shape index (κ1) is 14.8. The maximum atomic E-state index is 5.21. The van der Waals surface area contributed by atoms with Crippen LogP contribution in [0.3, 0.4) is 0 Å². The highest BCUT2D eigenvalue weighted by Crippen LogP contribution is 1.98. The van der Waals surface area contributed by atoms with Crippen molar-refractivity contribution in [3.63, 3.8) is 0 Å². The van der Waals surface area contributed by atoms with E-state index in [0.29, 0.717) is 6.04 Å². The second-order valence-corrected chi connectivity index (χ2v) is 4.30. The SMILES string of the molecule is CNCC(COC)N(C)CCCN(C)C. The summed E-state index contributed by atoms with van der Waals surface area (Å²) in [6.07, 6.45) is 1.20. The molecule has 92 valence electrons. The van der Waals surface area contributed by atoms with Gasteiger partial charge in [0.15, 0.2) is 0 Å². The van der Waals surface area contributed by atoms with E-state index in [1.54, 1.807) is 7.11 Å².